The third-order valence-corrected chi connectivity index (χ3v) is 7.98. The molecule has 1 atom stereocenters. The van der Waals surface area contributed by atoms with Crippen LogP contribution in [0.5, 0.6) is 5.75 Å². The Morgan fingerprint density at radius 3 is 2.45 bits per heavy atom. The smallest absolute Gasteiger partial charge is 0.271 e. The maximum Gasteiger partial charge on any atom is 0.271 e. The minimum absolute atomic E-state index is 0.0175. The normalized spacial score (nSPS) is 14.5. The number of ether oxygens (including phenoxy) is 1. The highest BCUT2D eigenvalue weighted by molar-refractivity contribution is 7.92. The molecule has 206 valence electrons. The zero-order chi connectivity index (χ0) is 28.0. The van der Waals surface area contributed by atoms with Gasteiger partial charge in [-0.3, -0.25) is 24.0 Å². The van der Waals surface area contributed by atoms with Crippen molar-refractivity contribution in [2.75, 3.05) is 24.2 Å². The van der Waals surface area contributed by atoms with Gasteiger partial charge in [-0.2, -0.15) is 0 Å². The minimum atomic E-state index is -4.11. The van der Waals surface area contributed by atoms with Gasteiger partial charge in [0.2, 0.25) is 21.8 Å². The molecule has 2 aromatic carbocycles. The van der Waals surface area contributed by atoms with E-state index in [0.29, 0.717) is 10.6 Å². The first kappa shape index (κ1) is 29.2. The fraction of sp³-hybridized carbons (Fsp3) is 0.440. The molecule has 0 aliphatic heterocycles. The van der Waals surface area contributed by atoms with E-state index < -0.39 is 33.4 Å². The minimum Gasteiger partial charge on any atom is -0.495 e. The average Bonchev–Trinajstić information content (AvgIpc) is 3.38. The Kier molecular flexibility index (Phi) is 9.55. The van der Waals surface area contributed by atoms with Gasteiger partial charge in [-0.1, -0.05) is 42.6 Å². The van der Waals surface area contributed by atoms with Crippen LogP contribution in [0, 0.1) is 10.1 Å². The van der Waals surface area contributed by atoms with E-state index in [9.17, 15) is 28.1 Å². The molecule has 1 saturated carbocycles. The predicted octanol–water partition coefficient (Wildman–Crippen LogP) is 3.50. The fourth-order valence-corrected chi connectivity index (χ4v) is 5.41. The molecule has 38 heavy (non-hydrogen) atoms. The van der Waals surface area contributed by atoms with Crippen molar-refractivity contribution in [2.24, 2.45) is 0 Å². The van der Waals surface area contributed by atoms with Crippen LogP contribution in [-0.2, 0) is 26.2 Å². The zero-order valence-electron chi connectivity index (χ0n) is 21.4. The highest BCUT2D eigenvalue weighted by Gasteiger charge is 2.33. The van der Waals surface area contributed by atoms with Crippen LogP contribution in [-0.4, -0.2) is 62.0 Å². The third kappa shape index (κ3) is 7.13. The Morgan fingerprint density at radius 1 is 1.21 bits per heavy atom. The Balaban J connectivity index is 1.98. The number of nitrogens with one attached hydrogen (secondary N) is 1. The van der Waals surface area contributed by atoms with Gasteiger partial charge in [0.15, 0.2) is 0 Å². The number of hydrogen-bond donors (Lipinski definition) is 1. The lowest BCUT2D eigenvalue weighted by Crippen LogP contribution is -2.52. The summed E-state index contributed by atoms with van der Waals surface area (Å²) in [7, 11) is -2.83. The summed E-state index contributed by atoms with van der Waals surface area (Å²) in [6, 6.07) is 9.36. The van der Waals surface area contributed by atoms with Crippen LogP contribution in [0.3, 0.4) is 0 Å². The average molecular weight is 567 g/mol. The van der Waals surface area contributed by atoms with Crippen LogP contribution in [0.2, 0.25) is 5.02 Å². The molecule has 13 heteroatoms. The molecule has 1 N–H and O–H groups in total. The second-order valence-electron chi connectivity index (χ2n) is 9.16. The first-order valence-electron chi connectivity index (χ1n) is 12.1. The maximum atomic E-state index is 13.7. The molecule has 1 aliphatic carbocycles. The van der Waals surface area contributed by atoms with E-state index in [-0.39, 0.29) is 35.6 Å². The van der Waals surface area contributed by atoms with Crippen LogP contribution >= 0.6 is 11.6 Å². The van der Waals surface area contributed by atoms with Gasteiger partial charge in [0.05, 0.1) is 18.3 Å². The standard InChI is InChI=1S/C25H31ClN4O7S/c1-17(25(32)27-19-9-5-6-10-19)28(15-18-8-4-7-11-21(18)26)24(31)16-29(38(3,35)36)22-14-20(30(33)34)12-13-23(22)37-2/h4,7-8,11-14,17,19H,5-6,9-10,15-16H2,1-3H3,(H,27,32). The molecule has 0 saturated heterocycles. The lowest BCUT2D eigenvalue weighted by molar-refractivity contribution is -0.384. The number of methoxy groups -OCH3 is 1. The van der Waals surface area contributed by atoms with E-state index in [1.807, 2.05) is 0 Å². The van der Waals surface area contributed by atoms with Gasteiger partial charge in [-0.05, 0) is 37.5 Å². The number of hydrogen-bond acceptors (Lipinski definition) is 7. The number of rotatable bonds is 11. The van der Waals surface area contributed by atoms with Gasteiger partial charge in [-0.15, -0.1) is 0 Å². The molecular weight excluding hydrogens is 536 g/mol. The van der Waals surface area contributed by atoms with Gasteiger partial charge in [0.25, 0.3) is 5.69 Å². The number of anilines is 1. The summed E-state index contributed by atoms with van der Waals surface area (Å²) in [6.45, 7) is 0.793. The van der Waals surface area contributed by atoms with E-state index >= 15 is 0 Å². The highest BCUT2D eigenvalue weighted by Crippen LogP contribution is 2.34. The van der Waals surface area contributed by atoms with Crippen molar-refractivity contribution in [2.45, 2.75) is 51.2 Å². The van der Waals surface area contributed by atoms with E-state index in [0.717, 1.165) is 42.3 Å². The summed E-state index contributed by atoms with van der Waals surface area (Å²) in [5, 5.41) is 14.7. The number of amides is 2. The van der Waals surface area contributed by atoms with E-state index in [2.05, 4.69) is 5.32 Å². The summed E-state index contributed by atoms with van der Waals surface area (Å²) in [6.07, 6.45) is 4.61. The third-order valence-electron chi connectivity index (χ3n) is 6.49. The molecule has 0 aromatic heterocycles. The molecule has 1 aliphatic rings. The summed E-state index contributed by atoms with van der Waals surface area (Å²) in [5.74, 6) is -1.03. The largest absolute Gasteiger partial charge is 0.495 e. The molecular formula is C25H31ClN4O7S. The first-order chi connectivity index (χ1) is 17.9. The fourth-order valence-electron chi connectivity index (χ4n) is 4.37. The SMILES string of the molecule is COc1ccc([N+](=O)[O-])cc1N(CC(=O)N(Cc1ccccc1Cl)C(C)C(=O)NC1CCCC1)S(C)(=O)=O. The maximum absolute atomic E-state index is 13.7. The molecule has 2 amide bonds. The number of carbonyl (C=O) groups is 2. The molecule has 0 heterocycles. The Morgan fingerprint density at radius 2 is 1.87 bits per heavy atom. The summed E-state index contributed by atoms with van der Waals surface area (Å²) in [4.78, 5) is 38.8. The first-order valence-corrected chi connectivity index (χ1v) is 14.3. The lowest BCUT2D eigenvalue weighted by atomic mass is 10.1. The van der Waals surface area contributed by atoms with E-state index in [1.165, 1.54) is 24.1 Å². The summed E-state index contributed by atoms with van der Waals surface area (Å²) in [5.41, 5.74) is 0.0271. The number of nitrogens with zero attached hydrogens (tertiary/aromatic N) is 3. The number of non-ortho nitro benzene ring substituents is 1. The summed E-state index contributed by atoms with van der Waals surface area (Å²) >= 11 is 6.33. The molecule has 1 unspecified atom stereocenters. The van der Waals surface area contributed by atoms with Gasteiger partial charge in [0, 0.05) is 29.7 Å². The van der Waals surface area contributed by atoms with Crippen molar-refractivity contribution in [3.05, 3.63) is 63.2 Å². The van der Waals surface area contributed by atoms with Gasteiger partial charge in [-0.25, -0.2) is 8.42 Å². The Bertz CT molecular complexity index is 1300. The second-order valence-corrected chi connectivity index (χ2v) is 11.5. The van der Waals surface area contributed by atoms with Crippen molar-refractivity contribution in [3.63, 3.8) is 0 Å². The Labute approximate surface area is 226 Å². The second kappa shape index (κ2) is 12.4. The molecule has 2 aromatic rings. The van der Waals surface area contributed by atoms with Gasteiger partial charge < -0.3 is 15.0 Å². The van der Waals surface area contributed by atoms with Crippen LogP contribution < -0.4 is 14.4 Å². The monoisotopic (exact) mass is 566 g/mol. The van der Waals surface area contributed by atoms with Crippen molar-refractivity contribution in [3.8, 4) is 5.75 Å². The predicted molar refractivity (Wildman–Crippen MR) is 144 cm³/mol. The van der Waals surface area contributed by atoms with Crippen LogP contribution in [0.15, 0.2) is 42.5 Å². The number of carbonyl (C=O) groups excluding carboxylic acids is 2. The van der Waals surface area contributed by atoms with Gasteiger partial charge in [0.1, 0.15) is 24.0 Å². The van der Waals surface area contributed by atoms with Crippen molar-refractivity contribution >= 4 is 44.8 Å². The molecule has 3 rings (SSSR count). The molecule has 11 nitrogen and oxygen atoms in total. The molecule has 1 fully saturated rings. The molecule has 0 spiro atoms. The van der Waals surface area contributed by atoms with Crippen molar-refractivity contribution < 1.29 is 27.7 Å². The highest BCUT2D eigenvalue weighted by atomic mass is 35.5. The van der Waals surface area contributed by atoms with Crippen LogP contribution in [0.25, 0.3) is 0 Å². The lowest BCUT2D eigenvalue weighted by Gasteiger charge is -2.32. The molecule has 0 radical (unpaired) electrons. The van der Waals surface area contributed by atoms with Crippen molar-refractivity contribution in [1.29, 1.82) is 0 Å². The number of halogens is 1. The number of nitro groups is 1. The topological polar surface area (TPSA) is 139 Å². The Hall–Kier alpha value is -3.38. The zero-order valence-corrected chi connectivity index (χ0v) is 23.0. The van der Waals surface area contributed by atoms with Crippen molar-refractivity contribution in [1.82, 2.24) is 10.2 Å². The quantitative estimate of drug-likeness (QED) is 0.324. The number of nitro benzene ring substituents is 1. The number of benzene rings is 2. The van der Waals surface area contributed by atoms with Crippen LogP contribution in [0.4, 0.5) is 11.4 Å². The van der Waals surface area contributed by atoms with Crippen LogP contribution in [0.1, 0.15) is 38.2 Å². The van der Waals surface area contributed by atoms with E-state index in [1.54, 1.807) is 31.2 Å². The molecule has 0 bridgehead atoms. The van der Waals surface area contributed by atoms with E-state index in [4.69, 9.17) is 16.3 Å². The number of sulfonamides is 1. The summed E-state index contributed by atoms with van der Waals surface area (Å²) < 4.78 is 31.6. The van der Waals surface area contributed by atoms with Gasteiger partial charge >= 0.3 is 0 Å².